The summed E-state index contributed by atoms with van der Waals surface area (Å²) in [6.45, 7) is 5.43. The Balaban J connectivity index is 1.38. The predicted octanol–water partition coefficient (Wildman–Crippen LogP) is 4.57. The number of halogens is 2. The molecule has 3 aromatic heterocycles. The van der Waals surface area contributed by atoms with Crippen LogP contribution in [0.15, 0.2) is 40.1 Å². The molecule has 190 valence electrons. The first kappa shape index (κ1) is 24.6. The van der Waals surface area contributed by atoms with Crippen molar-refractivity contribution in [3.05, 3.63) is 58.7 Å². The minimum Gasteiger partial charge on any atom is -0.338 e. The lowest BCUT2D eigenvalue weighted by molar-refractivity contribution is 0.359. The van der Waals surface area contributed by atoms with Crippen LogP contribution in [0.2, 0.25) is 5.02 Å². The second-order valence-corrected chi connectivity index (χ2v) is 11.8. The van der Waals surface area contributed by atoms with Gasteiger partial charge in [0.05, 0.1) is 16.0 Å². The summed E-state index contributed by atoms with van der Waals surface area (Å²) < 4.78 is 46.0. The van der Waals surface area contributed by atoms with Gasteiger partial charge in [0, 0.05) is 48.9 Å². The molecule has 5 rings (SSSR count). The van der Waals surface area contributed by atoms with Crippen LogP contribution in [0.5, 0.6) is 0 Å². The van der Waals surface area contributed by atoms with E-state index in [1.165, 1.54) is 24.7 Å². The number of piperidine rings is 1. The Kier molecular flexibility index (Phi) is 6.46. The Hall–Kier alpha value is -3.05. The van der Waals surface area contributed by atoms with Crippen molar-refractivity contribution in [2.75, 3.05) is 24.2 Å². The molecule has 4 aromatic rings. The lowest BCUT2D eigenvalue weighted by Gasteiger charge is -2.31. The van der Waals surface area contributed by atoms with Gasteiger partial charge in [0.1, 0.15) is 12.0 Å². The molecule has 0 N–H and O–H groups in total. The molecule has 4 heterocycles. The average Bonchev–Trinajstić information content (AvgIpc) is 3.46. The maximum atomic E-state index is 15.2. The topological polar surface area (TPSA) is 107 Å². The van der Waals surface area contributed by atoms with Crippen LogP contribution >= 0.6 is 11.6 Å². The van der Waals surface area contributed by atoms with Gasteiger partial charge in [-0.1, -0.05) is 31.5 Å². The molecular weight excluding hydrogens is 507 g/mol. The Morgan fingerprint density at radius 1 is 1.22 bits per heavy atom. The van der Waals surface area contributed by atoms with Gasteiger partial charge in [-0.05, 0) is 35.7 Å². The first-order valence-electron chi connectivity index (χ1n) is 11.7. The molecule has 1 fully saturated rings. The first-order valence-corrected chi connectivity index (χ1v) is 14.0. The summed E-state index contributed by atoms with van der Waals surface area (Å²) >= 11 is 6.36. The quantitative estimate of drug-likeness (QED) is 0.355. The highest BCUT2D eigenvalue weighted by Gasteiger charge is 2.27. The van der Waals surface area contributed by atoms with Gasteiger partial charge in [-0.3, -0.25) is 0 Å². The zero-order valence-electron chi connectivity index (χ0n) is 20.1. The van der Waals surface area contributed by atoms with Crippen LogP contribution in [-0.4, -0.2) is 52.4 Å². The molecule has 0 atom stereocenters. The van der Waals surface area contributed by atoms with Crippen LogP contribution in [0.25, 0.3) is 11.0 Å². The van der Waals surface area contributed by atoms with Crippen LogP contribution in [0.1, 0.15) is 55.8 Å². The third-order valence-corrected chi connectivity index (χ3v) is 7.98. The Morgan fingerprint density at radius 3 is 2.61 bits per heavy atom. The number of sulfone groups is 1. The first-order chi connectivity index (χ1) is 17.1. The van der Waals surface area contributed by atoms with Crippen molar-refractivity contribution < 1.29 is 17.3 Å². The molecule has 12 heteroatoms. The van der Waals surface area contributed by atoms with Crippen LogP contribution in [0.3, 0.4) is 0 Å². The lowest BCUT2D eigenvalue weighted by Crippen LogP contribution is -2.35. The predicted molar refractivity (Wildman–Crippen MR) is 134 cm³/mol. The number of hydrogen-bond acceptors (Lipinski definition) is 8. The van der Waals surface area contributed by atoms with Crippen molar-refractivity contribution >= 4 is 38.4 Å². The second kappa shape index (κ2) is 9.44. The van der Waals surface area contributed by atoms with Gasteiger partial charge in [-0.25, -0.2) is 22.8 Å². The normalized spacial score (nSPS) is 15.3. The maximum Gasteiger partial charge on any atom is 0.266 e. The van der Waals surface area contributed by atoms with Crippen LogP contribution < -0.4 is 4.90 Å². The van der Waals surface area contributed by atoms with Crippen LogP contribution in [0.4, 0.5) is 10.3 Å². The number of fused-ring (bicyclic) bond motifs is 1. The van der Waals surface area contributed by atoms with Crippen LogP contribution in [0, 0.1) is 5.82 Å². The van der Waals surface area contributed by atoms with E-state index in [1.54, 1.807) is 6.07 Å². The summed E-state index contributed by atoms with van der Waals surface area (Å²) in [7, 11) is -3.38. The van der Waals surface area contributed by atoms with Gasteiger partial charge < -0.3 is 14.0 Å². The number of hydrogen-bond donors (Lipinski definition) is 0. The fourth-order valence-electron chi connectivity index (χ4n) is 4.53. The highest BCUT2D eigenvalue weighted by molar-refractivity contribution is 7.90. The third-order valence-electron chi connectivity index (χ3n) is 6.52. The summed E-state index contributed by atoms with van der Waals surface area (Å²) in [6.07, 6.45) is 5.83. The van der Waals surface area contributed by atoms with E-state index in [-0.39, 0.29) is 23.3 Å². The van der Waals surface area contributed by atoms with Crippen LogP contribution in [-0.2, 0) is 16.3 Å². The number of benzene rings is 1. The zero-order chi connectivity index (χ0) is 25.6. The van der Waals surface area contributed by atoms with E-state index >= 15 is 4.39 Å². The molecule has 0 unspecified atom stereocenters. The van der Waals surface area contributed by atoms with Crippen molar-refractivity contribution in [2.45, 2.75) is 50.0 Å². The number of anilines is 1. The average molecular weight is 533 g/mol. The Bertz CT molecular complexity index is 1530. The van der Waals surface area contributed by atoms with Gasteiger partial charge in [0.25, 0.3) is 5.95 Å². The number of rotatable bonds is 6. The summed E-state index contributed by atoms with van der Waals surface area (Å²) in [5, 5.41) is 4.74. The molecule has 0 bridgehead atoms. The molecule has 1 saturated heterocycles. The number of nitrogens with zero attached hydrogens (tertiary/aromatic N) is 6. The van der Waals surface area contributed by atoms with E-state index < -0.39 is 15.7 Å². The third kappa shape index (κ3) is 4.69. The summed E-state index contributed by atoms with van der Waals surface area (Å²) in [5.74, 6) is 0.969. The zero-order valence-corrected chi connectivity index (χ0v) is 21.7. The van der Waals surface area contributed by atoms with Gasteiger partial charge in [0.15, 0.2) is 15.7 Å². The Labute approximate surface area is 213 Å². The van der Waals surface area contributed by atoms with Crippen molar-refractivity contribution in [1.82, 2.24) is 24.7 Å². The minimum absolute atomic E-state index is 0.0603. The van der Waals surface area contributed by atoms with Gasteiger partial charge in [-0.2, -0.15) is 4.98 Å². The minimum atomic E-state index is -3.38. The maximum absolute atomic E-state index is 15.2. The van der Waals surface area contributed by atoms with Crippen molar-refractivity contribution in [1.29, 1.82) is 0 Å². The Morgan fingerprint density at radius 2 is 1.97 bits per heavy atom. The van der Waals surface area contributed by atoms with Gasteiger partial charge in [0.2, 0.25) is 5.89 Å². The molecule has 1 aromatic carbocycles. The van der Waals surface area contributed by atoms with Gasteiger partial charge in [-0.15, -0.1) is 0 Å². The highest BCUT2D eigenvalue weighted by Crippen LogP contribution is 2.32. The molecule has 36 heavy (non-hydrogen) atoms. The lowest BCUT2D eigenvalue weighted by atomic mass is 10.1. The number of aromatic nitrogens is 5. The summed E-state index contributed by atoms with van der Waals surface area (Å²) in [6, 6.07) is 4.61. The van der Waals surface area contributed by atoms with E-state index in [0.29, 0.717) is 52.2 Å². The summed E-state index contributed by atoms with van der Waals surface area (Å²) in [4.78, 5) is 15.4. The van der Waals surface area contributed by atoms with Crippen molar-refractivity contribution in [2.24, 2.45) is 0 Å². The molecule has 0 saturated carbocycles. The molecule has 1 aliphatic rings. The largest absolute Gasteiger partial charge is 0.338 e. The monoisotopic (exact) mass is 532 g/mol. The molecule has 0 aliphatic carbocycles. The van der Waals surface area contributed by atoms with E-state index in [2.05, 4.69) is 25.0 Å². The fraction of sp³-hybridized carbons (Fsp3) is 0.417. The highest BCUT2D eigenvalue weighted by atomic mass is 35.5. The molecule has 0 spiro atoms. The van der Waals surface area contributed by atoms with E-state index in [9.17, 15) is 8.42 Å². The smallest absolute Gasteiger partial charge is 0.266 e. The second-order valence-electron chi connectivity index (χ2n) is 9.41. The summed E-state index contributed by atoms with van der Waals surface area (Å²) in [5.41, 5.74) is 1.68. The molecule has 0 amide bonds. The molecule has 1 aliphatic heterocycles. The SMILES string of the molecule is CC(C)c1nc(N2CCC(n3cc(F)c4c(Cc5ccc(S(C)(=O)=O)cc5Cl)ncnc43)CC2)no1. The fourth-order valence-corrected chi connectivity index (χ4v) is 5.49. The van der Waals surface area contributed by atoms with Crippen molar-refractivity contribution in [3.63, 3.8) is 0 Å². The van der Waals surface area contributed by atoms with E-state index in [0.717, 1.165) is 19.1 Å². The van der Waals surface area contributed by atoms with E-state index in [1.807, 2.05) is 18.4 Å². The molecular formula is C24H26ClFN6O3S. The van der Waals surface area contributed by atoms with Crippen molar-refractivity contribution in [3.8, 4) is 0 Å². The molecule has 9 nitrogen and oxygen atoms in total. The van der Waals surface area contributed by atoms with E-state index in [4.69, 9.17) is 16.1 Å². The van der Waals surface area contributed by atoms with Gasteiger partial charge >= 0.3 is 0 Å². The molecule has 0 radical (unpaired) electrons. The standard InChI is InChI=1S/C24H26ClFN6O3S/c1-14(2)23-29-24(30-35-23)31-8-6-16(7-9-31)32-12-19(26)21-20(27-13-28-22(21)32)10-15-4-5-17(11-18(15)25)36(3,33)34/h4-5,11-14,16H,6-10H2,1-3H3.